The van der Waals surface area contributed by atoms with Gasteiger partial charge in [-0.2, -0.15) is 0 Å². The number of hydrogen-bond acceptors (Lipinski definition) is 6. The van der Waals surface area contributed by atoms with Crippen molar-refractivity contribution in [1.82, 2.24) is 10.3 Å². The molecule has 29 heavy (non-hydrogen) atoms. The molecule has 1 aliphatic heterocycles. The summed E-state index contributed by atoms with van der Waals surface area (Å²) in [4.78, 5) is 31.0. The Kier molecular flexibility index (Phi) is 6.64. The Balaban J connectivity index is 1.64. The first-order chi connectivity index (χ1) is 13.9. The van der Waals surface area contributed by atoms with E-state index >= 15 is 0 Å². The molecule has 2 amide bonds. The van der Waals surface area contributed by atoms with E-state index in [-0.39, 0.29) is 24.1 Å². The topological polar surface area (TPSA) is 80.8 Å². The van der Waals surface area contributed by atoms with Crippen LogP contribution in [-0.4, -0.2) is 49.9 Å². The van der Waals surface area contributed by atoms with Crippen LogP contribution in [0.4, 0.5) is 5.69 Å². The number of thioether (sulfide) groups is 1. The first-order valence-corrected chi connectivity index (χ1v) is 10.3. The Morgan fingerprint density at radius 2 is 2.03 bits per heavy atom. The number of methoxy groups -OCH3 is 2. The summed E-state index contributed by atoms with van der Waals surface area (Å²) >= 11 is 1.42. The quantitative estimate of drug-likeness (QED) is 0.749. The zero-order chi connectivity index (χ0) is 21.0. The predicted molar refractivity (Wildman–Crippen MR) is 113 cm³/mol. The van der Waals surface area contributed by atoms with Crippen molar-refractivity contribution in [3.63, 3.8) is 0 Å². The van der Waals surface area contributed by atoms with Crippen molar-refractivity contribution in [2.45, 2.75) is 25.3 Å². The number of anilines is 1. The zero-order valence-electron chi connectivity index (χ0n) is 17.1. The lowest BCUT2D eigenvalue weighted by Gasteiger charge is -2.29. The van der Waals surface area contributed by atoms with Crippen LogP contribution in [0.3, 0.4) is 0 Å². The fourth-order valence-corrected chi connectivity index (χ4v) is 4.37. The Labute approximate surface area is 174 Å². The van der Waals surface area contributed by atoms with Crippen LogP contribution in [0.25, 0.3) is 0 Å². The van der Waals surface area contributed by atoms with Crippen LogP contribution < -0.4 is 19.7 Å². The molecule has 1 N–H and O–H groups in total. The number of nitrogens with one attached hydrogen (secondary N) is 1. The summed E-state index contributed by atoms with van der Waals surface area (Å²) in [6.07, 6.45) is 0.590. The van der Waals surface area contributed by atoms with Crippen molar-refractivity contribution < 1.29 is 19.1 Å². The van der Waals surface area contributed by atoms with Crippen LogP contribution in [0.2, 0.25) is 0 Å². The third kappa shape index (κ3) is 4.82. The molecular formula is C21H25N3O4S. The van der Waals surface area contributed by atoms with Gasteiger partial charge in [-0.25, -0.2) is 4.98 Å². The molecule has 0 saturated heterocycles. The fraction of sp³-hybridized carbons (Fsp3) is 0.381. The number of fused-ring (bicyclic) bond motifs is 1. The lowest BCUT2D eigenvalue weighted by Crippen LogP contribution is -2.44. The Bertz CT molecular complexity index is 932. The van der Waals surface area contributed by atoms with Gasteiger partial charge in [0.15, 0.2) is 0 Å². The number of carbonyl (C=O) groups is 2. The molecule has 1 aliphatic rings. The molecular weight excluding hydrogens is 390 g/mol. The third-order valence-electron chi connectivity index (χ3n) is 4.69. The number of amides is 2. The summed E-state index contributed by atoms with van der Waals surface area (Å²) in [6.45, 7) is 4.27. The van der Waals surface area contributed by atoms with Crippen LogP contribution in [-0.2, 0) is 16.0 Å². The van der Waals surface area contributed by atoms with Crippen molar-refractivity contribution in [2.24, 2.45) is 0 Å². The molecule has 2 aromatic rings. The number of hydrogen-bond donors (Lipinski definition) is 1. The van der Waals surface area contributed by atoms with Gasteiger partial charge in [-0.3, -0.25) is 14.5 Å². The second-order valence-electron chi connectivity index (χ2n) is 6.78. The smallest absolute Gasteiger partial charge is 0.240 e. The first-order valence-electron chi connectivity index (χ1n) is 9.32. The normalized spacial score (nSPS) is 13.1. The lowest BCUT2D eigenvalue weighted by molar-refractivity contribution is -0.122. The number of aromatic nitrogens is 1. The second kappa shape index (κ2) is 9.17. The summed E-state index contributed by atoms with van der Waals surface area (Å²) in [5.41, 5.74) is 3.53. The Morgan fingerprint density at radius 3 is 2.76 bits per heavy atom. The van der Waals surface area contributed by atoms with Gasteiger partial charge in [-0.15, -0.1) is 0 Å². The van der Waals surface area contributed by atoms with Gasteiger partial charge in [-0.05, 0) is 55.7 Å². The molecule has 0 fully saturated rings. The SMILES string of the molecule is COc1ccc(OC)c(CCNC(=O)CN2C(=O)CSc3nc(C)cc(C)c32)c1. The van der Waals surface area contributed by atoms with Gasteiger partial charge in [0, 0.05) is 12.2 Å². The molecule has 8 heteroatoms. The van der Waals surface area contributed by atoms with Gasteiger partial charge < -0.3 is 14.8 Å². The van der Waals surface area contributed by atoms with Gasteiger partial charge in [0.1, 0.15) is 23.1 Å². The monoisotopic (exact) mass is 415 g/mol. The van der Waals surface area contributed by atoms with Crippen molar-refractivity contribution >= 4 is 29.3 Å². The number of aryl methyl sites for hydroxylation is 2. The molecule has 0 unspecified atom stereocenters. The zero-order valence-corrected chi connectivity index (χ0v) is 17.9. The average Bonchev–Trinajstić information content (AvgIpc) is 2.69. The first kappa shape index (κ1) is 21.0. The molecule has 0 bridgehead atoms. The summed E-state index contributed by atoms with van der Waals surface area (Å²) in [6, 6.07) is 7.49. The highest BCUT2D eigenvalue weighted by molar-refractivity contribution is 8.00. The maximum absolute atomic E-state index is 12.5. The van der Waals surface area contributed by atoms with Crippen molar-refractivity contribution in [2.75, 3.05) is 38.0 Å². The maximum Gasteiger partial charge on any atom is 0.240 e. The molecule has 1 aromatic heterocycles. The van der Waals surface area contributed by atoms with Crippen molar-refractivity contribution in [1.29, 1.82) is 0 Å². The highest BCUT2D eigenvalue weighted by Crippen LogP contribution is 2.36. The number of carbonyl (C=O) groups excluding carboxylic acids is 2. The molecule has 2 heterocycles. The minimum Gasteiger partial charge on any atom is -0.497 e. The number of rotatable bonds is 7. The molecule has 0 saturated carbocycles. The number of nitrogens with zero attached hydrogens (tertiary/aromatic N) is 2. The van der Waals surface area contributed by atoms with Crippen LogP contribution in [0, 0.1) is 13.8 Å². The molecule has 1 aromatic carbocycles. The maximum atomic E-state index is 12.5. The average molecular weight is 416 g/mol. The third-order valence-corrected chi connectivity index (χ3v) is 5.64. The molecule has 0 spiro atoms. The van der Waals surface area contributed by atoms with E-state index in [9.17, 15) is 9.59 Å². The summed E-state index contributed by atoms with van der Waals surface area (Å²) in [5, 5.41) is 3.69. The van der Waals surface area contributed by atoms with E-state index < -0.39 is 0 Å². The summed E-state index contributed by atoms with van der Waals surface area (Å²) in [5.74, 6) is 1.48. The van der Waals surface area contributed by atoms with E-state index in [2.05, 4.69) is 10.3 Å². The number of benzene rings is 1. The van der Waals surface area contributed by atoms with E-state index in [0.717, 1.165) is 39.0 Å². The number of ether oxygens (including phenoxy) is 2. The Hall–Kier alpha value is -2.74. The van der Waals surface area contributed by atoms with E-state index in [1.807, 2.05) is 38.1 Å². The van der Waals surface area contributed by atoms with Crippen LogP contribution in [0.15, 0.2) is 29.3 Å². The Morgan fingerprint density at radius 1 is 1.24 bits per heavy atom. The van der Waals surface area contributed by atoms with Gasteiger partial charge in [0.25, 0.3) is 0 Å². The minimum atomic E-state index is -0.210. The lowest BCUT2D eigenvalue weighted by atomic mass is 10.1. The number of pyridine rings is 1. The van der Waals surface area contributed by atoms with Gasteiger partial charge in [0.05, 0.1) is 25.7 Å². The van der Waals surface area contributed by atoms with Crippen LogP contribution >= 0.6 is 11.8 Å². The molecule has 0 atom stereocenters. The van der Waals surface area contributed by atoms with E-state index in [1.165, 1.54) is 16.7 Å². The molecule has 0 aliphatic carbocycles. The largest absolute Gasteiger partial charge is 0.497 e. The highest BCUT2D eigenvalue weighted by Gasteiger charge is 2.29. The van der Waals surface area contributed by atoms with Crippen molar-refractivity contribution in [3.8, 4) is 11.5 Å². The second-order valence-corrected chi connectivity index (χ2v) is 7.74. The predicted octanol–water partition coefficient (Wildman–Crippen LogP) is 2.51. The summed E-state index contributed by atoms with van der Waals surface area (Å²) in [7, 11) is 3.22. The molecule has 0 radical (unpaired) electrons. The summed E-state index contributed by atoms with van der Waals surface area (Å²) < 4.78 is 10.6. The molecule has 3 rings (SSSR count). The van der Waals surface area contributed by atoms with Gasteiger partial charge in [0.2, 0.25) is 11.8 Å². The molecule has 154 valence electrons. The standard InChI is InChI=1S/C21H25N3O4S/c1-13-9-14(2)23-21-20(13)24(19(26)12-29-21)11-18(25)22-8-7-15-10-16(27-3)5-6-17(15)28-4/h5-6,9-10H,7-8,11-12H2,1-4H3,(H,22,25). The fourth-order valence-electron chi connectivity index (χ4n) is 3.34. The van der Waals surface area contributed by atoms with Crippen LogP contribution in [0.5, 0.6) is 11.5 Å². The van der Waals surface area contributed by atoms with E-state index in [1.54, 1.807) is 14.2 Å². The van der Waals surface area contributed by atoms with Crippen LogP contribution in [0.1, 0.15) is 16.8 Å². The minimum absolute atomic E-state index is 0.0206. The van der Waals surface area contributed by atoms with Gasteiger partial charge in [-0.1, -0.05) is 11.8 Å². The van der Waals surface area contributed by atoms with Crippen molar-refractivity contribution in [3.05, 3.63) is 41.1 Å². The van der Waals surface area contributed by atoms with E-state index in [0.29, 0.717) is 13.0 Å². The van der Waals surface area contributed by atoms with Gasteiger partial charge >= 0.3 is 0 Å². The highest BCUT2D eigenvalue weighted by atomic mass is 32.2. The molecule has 7 nitrogen and oxygen atoms in total. The van der Waals surface area contributed by atoms with E-state index in [4.69, 9.17) is 9.47 Å².